The van der Waals surface area contributed by atoms with Crippen LogP contribution >= 0.6 is 0 Å². The fourth-order valence-corrected chi connectivity index (χ4v) is 3.48. The third-order valence-corrected chi connectivity index (χ3v) is 4.91. The van der Waals surface area contributed by atoms with Gasteiger partial charge in [-0.2, -0.15) is 0 Å². The van der Waals surface area contributed by atoms with Crippen molar-refractivity contribution in [1.29, 1.82) is 0 Å². The van der Waals surface area contributed by atoms with Gasteiger partial charge < -0.3 is 19.9 Å². The summed E-state index contributed by atoms with van der Waals surface area (Å²) in [5, 5.41) is 2.93. The van der Waals surface area contributed by atoms with Crippen LogP contribution in [0.2, 0.25) is 0 Å². The summed E-state index contributed by atoms with van der Waals surface area (Å²) in [6.07, 6.45) is 5.00. The maximum absolute atomic E-state index is 13.8. The fraction of sp³-hybridized carbons (Fsp3) is 0.450. The number of aromatic amines is 1. The van der Waals surface area contributed by atoms with E-state index in [0.29, 0.717) is 31.5 Å². The quantitative estimate of drug-likeness (QED) is 0.564. The van der Waals surface area contributed by atoms with Gasteiger partial charge in [-0.3, -0.25) is 4.79 Å². The van der Waals surface area contributed by atoms with E-state index in [2.05, 4.69) is 20.0 Å². The van der Waals surface area contributed by atoms with Gasteiger partial charge in [0.1, 0.15) is 11.9 Å². The molecule has 1 aromatic heterocycles. The van der Waals surface area contributed by atoms with Gasteiger partial charge in [0, 0.05) is 31.6 Å². The average Bonchev–Trinajstić information content (AvgIpc) is 3.18. The van der Waals surface area contributed by atoms with Crippen molar-refractivity contribution in [3.8, 4) is 0 Å². The Balaban J connectivity index is 1.61. The summed E-state index contributed by atoms with van der Waals surface area (Å²) in [6.45, 7) is 1.03. The number of ether oxygens (including phenoxy) is 1. The van der Waals surface area contributed by atoms with Crippen molar-refractivity contribution < 1.29 is 18.7 Å². The number of benzene rings is 1. The lowest BCUT2D eigenvalue weighted by Gasteiger charge is -2.35. The minimum atomic E-state index is -0.426. The van der Waals surface area contributed by atoms with Crippen molar-refractivity contribution >= 4 is 12.0 Å². The van der Waals surface area contributed by atoms with Crippen LogP contribution in [-0.4, -0.2) is 47.1 Å². The fourth-order valence-electron chi connectivity index (χ4n) is 3.48. The number of hydrogen-bond donors (Lipinski definition) is 2. The number of hydrogen-bond acceptors (Lipinski definition) is 4. The van der Waals surface area contributed by atoms with Crippen molar-refractivity contribution in [2.24, 2.45) is 0 Å². The van der Waals surface area contributed by atoms with Crippen LogP contribution in [-0.2, 0) is 16.0 Å². The molecule has 2 heterocycles. The number of carbonyl (C=O) groups excluding carboxylic acids is 2. The second kappa shape index (κ2) is 9.34. The van der Waals surface area contributed by atoms with Gasteiger partial charge in [0.2, 0.25) is 0 Å². The third kappa shape index (κ3) is 4.68. The molecule has 1 aromatic carbocycles. The molecule has 0 radical (unpaired) electrons. The van der Waals surface area contributed by atoms with Crippen LogP contribution in [0.25, 0.3) is 0 Å². The number of methoxy groups -OCH3 is 1. The van der Waals surface area contributed by atoms with E-state index in [0.717, 1.165) is 30.7 Å². The van der Waals surface area contributed by atoms with E-state index in [1.54, 1.807) is 17.3 Å². The van der Waals surface area contributed by atoms with Gasteiger partial charge >= 0.3 is 12.0 Å². The molecule has 0 aliphatic carbocycles. The maximum Gasteiger partial charge on any atom is 0.318 e. The van der Waals surface area contributed by atoms with Crippen LogP contribution in [0.15, 0.2) is 30.6 Å². The first-order chi connectivity index (χ1) is 13.6. The summed E-state index contributed by atoms with van der Waals surface area (Å²) in [4.78, 5) is 33.1. The Bertz CT molecular complexity index is 823. The molecule has 2 N–H and O–H groups in total. The molecule has 3 rings (SSSR count). The summed E-state index contributed by atoms with van der Waals surface area (Å²) < 4.78 is 18.4. The number of carbonyl (C=O) groups is 2. The highest BCUT2D eigenvalue weighted by Gasteiger charge is 2.34. The van der Waals surface area contributed by atoms with Gasteiger partial charge in [0.15, 0.2) is 0 Å². The van der Waals surface area contributed by atoms with E-state index in [-0.39, 0.29) is 17.8 Å². The molecule has 1 aliphatic rings. The molecule has 8 heteroatoms. The van der Waals surface area contributed by atoms with Crippen molar-refractivity contribution in [3.05, 3.63) is 53.4 Å². The highest BCUT2D eigenvalue weighted by molar-refractivity contribution is 5.75. The second-order valence-corrected chi connectivity index (χ2v) is 6.79. The first-order valence-electron chi connectivity index (χ1n) is 9.49. The maximum atomic E-state index is 13.8. The molecule has 0 fully saturated rings. The monoisotopic (exact) mass is 388 g/mol. The molecule has 7 nitrogen and oxygen atoms in total. The topological polar surface area (TPSA) is 87.3 Å². The molecule has 2 amide bonds. The Morgan fingerprint density at radius 2 is 2.21 bits per heavy atom. The lowest BCUT2D eigenvalue weighted by Crippen LogP contribution is -2.46. The lowest BCUT2D eigenvalue weighted by atomic mass is 9.96. The minimum absolute atomic E-state index is 0.198. The van der Waals surface area contributed by atoms with E-state index in [9.17, 15) is 14.0 Å². The highest BCUT2D eigenvalue weighted by atomic mass is 19.1. The number of halogens is 1. The molecule has 2 aromatic rings. The van der Waals surface area contributed by atoms with E-state index >= 15 is 0 Å². The number of nitrogens with one attached hydrogen (secondary N) is 2. The number of H-pyrrole nitrogens is 1. The molecule has 0 bridgehead atoms. The number of fused-ring (bicyclic) bond motifs is 1. The first kappa shape index (κ1) is 19.9. The van der Waals surface area contributed by atoms with Crippen molar-refractivity contribution in [2.45, 2.75) is 38.1 Å². The summed E-state index contributed by atoms with van der Waals surface area (Å²) in [7, 11) is 1.38. The Labute approximate surface area is 163 Å². The van der Waals surface area contributed by atoms with E-state index in [4.69, 9.17) is 0 Å². The summed E-state index contributed by atoms with van der Waals surface area (Å²) in [6, 6.07) is 5.66. The van der Waals surface area contributed by atoms with Crippen LogP contribution in [0.1, 0.15) is 48.7 Å². The molecule has 0 saturated carbocycles. The molecule has 1 aliphatic heterocycles. The molecular formula is C20H25FN4O3. The Morgan fingerprint density at radius 3 is 3.00 bits per heavy atom. The van der Waals surface area contributed by atoms with Gasteiger partial charge in [0.25, 0.3) is 0 Å². The second-order valence-electron chi connectivity index (χ2n) is 6.79. The van der Waals surface area contributed by atoms with E-state index < -0.39 is 6.04 Å². The number of imidazole rings is 1. The Hall–Kier alpha value is -2.90. The number of esters is 1. The van der Waals surface area contributed by atoms with Gasteiger partial charge in [-0.05, 0) is 30.5 Å². The largest absolute Gasteiger partial charge is 0.469 e. The zero-order valence-electron chi connectivity index (χ0n) is 15.9. The molecular weight excluding hydrogens is 363 g/mol. The first-order valence-corrected chi connectivity index (χ1v) is 9.49. The molecule has 150 valence electrons. The number of rotatable bonds is 7. The number of nitrogens with zero attached hydrogens (tertiary/aromatic N) is 2. The summed E-state index contributed by atoms with van der Waals surface area (Å²) >= 11 is 0. The number of unbranched alkanes of at least 4 members (excludes halogenated alkanes) is 2. The normalized spacial score (nSPS) is 15.8. The van der Waals surface area contributed by atoms with Crippen molar-refractivity contribution in [3.63, 3.8) is 0 Å². The van der Waals surface area contributed by atoms with Crippen LogP contribution in [0.3, 0.4) is 0 Å². The standard InChI is InChI=1S/C20H25FN4O3/c1-28-17(26)8-3-2-4-10-22-20(27)25-11-9-16-18(24-13-23-16)19(25)14-6-5-7-15(21)12-14/h5-7,12-13,19H,2-4,8-11H2,1H3,(H,22,27)(H,23,24)/t19-/m0/s1. The highest BCUT2D eigenvalue weighted by Crippen LogP contribution is 2.33. The number of urea groups is 1. The predicted molar refractivity (Wildman–Crippen MR) is 101 cm³/mol. The third-order valence-electron chi connectivity index (χ3n) is 4.91. The summed E-state index contributed by atoms with van der Waals surface area (Å²) in [5.74, 6) is -0.559. The molecule has 1 atom stereocenters. The predicted octanol–water partition coefficient (Wildman–Crippen LogP) is 2.94. The smallest absolute Gasteiger partial charge is 0.318 e. The molecule has 28 heavy (non-hydrogen) atoms. The zero-order chi connectivity index (χ0) is 19.9. The molecule has 0 saturated heterocycles. The average molecular weight is 388 g/mol. The number of amides is 2. The van der Waals surface area contributed by atoms with Crippen LogP contribution in [0.4, 0.5) is 9.18 Å². The summed E-state index contributed by atoms with van der Waals surface area (Å²) in [5.41, 5.74) is 2.42. The lowest BCUT2D eigenvalue weighted by molar-refractivity contribution is -0.140. The van der Waals surface area contributed by atoms with Crippen molar-refractivity contribution in [2.75, 3.05) is 20.2 Å². The van der Waals surface area contributed by atoms with E-state index in [1.165, 1.54) is 19.2 Å². The van der Waals surface area contributed by atoms with Gasteiger partial charge in [-0.1, -0.05) is 18.6 Å². The van der Waals surface area contributed by atoms with E-state index in [1.807, 2.05) is 6.07 Å². The van der Waals surface area contributed by atoms with Gasteiger partial charge in [-0.15, -0.1) is 0 Å². The van der Waals surface area contributed by atoms with Crippen LogP contribution in [0, 0.1) is 5.82 Å². The Morgan fingerprint density at radius 1 is 1.36 bits per heavy atom. The molecule has 0 spiro atoms. The van der Waals surface area contributed by atoms with Crippen LogP contribution in [0.5, 0.6) is 0 Å². The SMILES string of the molecule is COC(=O)CCCCCNC(=O)N1CCc2[nH]cnc2[C@@H]1c1cccc(F)c1. The molecule has 0 unspecified atom stereocenters. The Kier molecular flexibility index (Phi) is 6.62. The zero-order valence-corrected chi connectivity index (χ0v) is 15.9. The van der Waals surface area contributed by atoms with Gasteiger partial charge in [-0.25, -0.2) is 14.2 Å². The van der Waals surface area contributed by atoms with Gasteiger partial charge in [0.05, 0.1) is 19.1 Å². The van der Waals surface area contributed by atoms with Crippen LogP contribution < -0.4 is 5.32 Å². The van der Waals surface area contributed by atoms with Crippen molar-refractivity contribution in [1.82, 2.24) is 20.2 Å². The number of aromatic nitrogens is 2. The minimum Gasteiger partial charge on any atom is -0.469 e.